The van der Waals surface area contributed by atoms with Gasteiger partial charge in [-0.2, -0.15) is 0 Å². The predicted octanol–water partition coefficient (Wildman–Crippen LogP) is 1.77. The van der Waals surface area contributed by atoms with Crippen molar-refractivity contribution >= 4 is 0 Å². The van der Waals surface area contributed by atoms with Crippen molar-refractivity contribution in [3.63, 3.8) is 0 Å². The van der Waals surface area contributed by atoms with Crippen LogP contribution in [0, 0.1) is 5.41 Å². The Morgan fingerprint density at radius 1 is 1.33 bits per heavy atom. The molecule has 1 aromatic rings. The van der Waals surface area contributed by atoms with E-state index in [4.69, 9.17) is 4.74 Å². The fraction of sp³-hybridized carbons (Fsp3) is 0.538. The fourth-order valence-electron chi connectivity index (χ4n) is 2.88. The molecule has 15 heavy (non-hydrogen) atoms. The fourth-order valence-corrected chi connectivity index (χ4v) is 2.88. The molecule has 0 saturated carbocycles. The third kappa shape index (κ3) is 1.36. The molecule has 0 atom stereocenters. The van der Waals surface area contributed by atoms with Crippen LogP contribution in [-0.2, 0) is 12.8 Å². The molecule has 1 spiro atoms. The number of rotatable bonds is 1. The first-order chi connectivity index (χ1) is 7.33. The highest BCUT2D eigenvalue weighted by atomic mass is 16.5. The highest BCUT2D eigenvalue weighted by Crippen LogP contribution is 2.41. The Bertz CT molecular complexity index is 368. The molecule has 2 heteroatoms. The third-order valence-electron chi connectivity index (χ3n) is 3.93. The molecule has 0 radical (unpaired) electrons. The molecule has 2 nitrogen and oxygen atoms in total. The lowest BCUT2D eigenvalue weighted by molar-refractivity contribution is 0.142. The van der Waals surface area contributed by atoms with Crippen molar-refractivity contribution in [3.05, 3.63) is 29.3 Å². The van der Waals surface area contributed by atoms with Crippen molar-refractivity contribution in [1.82, 2.24) is 5.32 Å². The first kappa shape index (κ1) is 9.22. The predicted molar refractivity (Wildman–Crippen MR) is 60.3 cm³/mol. The van der Waals surface area contributed by atoms with Crippen LogP contribution in [0.4, 0.5) is 0 Å². The zero-order valence-electron chi connectivity index (χ0n) is 9.18. The number of hydrogen-bond donors (Lipinski definition) is 1. The Morgan fingerprint density at radius 3 is 2.87 bits per heavy atom. The monoisotopic (exact) mass is 203 g/mol. The van der Waals surface area contributed by atoms with Gasteiger partial charge in [0.1, 0.15) is 5.75 Å². The highest BCUT2D eigenvalue weighted by molar-refractivity contribution is 5.43. The van der Waals surface area contributed by atoms with Crippen LogP contribution >= 0.6 is 0 Å². The van der Waals surface area contributed by atoms with E-state index >= 15 is 0 Å². The van der Waals surface area contributed by atoms with Gasteiger partial charge in [-0.15, -0.1) is 0 Å². The maximum Gasteiger partial charge on any atom is 0.122 e. The van der Waals surface area contributed by atoms with E-state index in [9.17, 15) is 0 Å². The number of methoxy groups -OCH3 is 1. The van der Waals surface area contributed by atoms with Crippen LogP contribution < -0.4 is 10.1 Å². The number of fused-ring (bicyclic) bond motifs is 1. The molecular formula is C13H17NO. The van der Waals surface area contributed by atoms with E-state index in [0.29, 0.717) is 5.41 Å². The second-order valence-electron chi connectivity index (χ2n) is 4.88. The van der Waals surface area contributed by atoms with Crippen LogP contribution in [0.1, 0.15) is 17.5 Å². The zero-order chi connectivity index (χ0) is 10.3. The molecule has 2 aliphatic rings. The van der Waals surface area contributed by atoms with Gasteiger partial charge in [0, 0.05) is 13.1 Å². The smallest absolute Gasteiger partial charge is 0.122 e. The maximum atomic E-state index is 5.45. The molecule has 0 aromatic heterocycles. The number of nitrogens with one attached hydrogen (secondary N) is 1. The van der Waals surface area contributed by atoms with Crippen LogP contribution in [0.5, 0.6) is 5.75 Å². The Kier molecular flexibility index (Phi) is 1.99. The van der Waals surface area contributed by atoms with Gasteiger partial charge < -0.3 is 10.1 Å². The average Bonchev–Trinajstić information content (AvgIpc) is 2.25. The SMILES string of the molecule is COc1cccc2c1CC1(CC2)CNC1. The Morgan fingerprint density at radius 2 is 2.20 bits per heavy atom. The molecule has 1 N–H and O–H groups in total. The van der Waals surface area contributed by atoms with Crippen molar-refractivity contribution in [3.8, 4) is 5.75 Å². The van der Waals surface area contributed by atoms with Crippen molar-refractivity contribution in [1.29, 1.82) is 0 Å². The van der Waals surface area contributed by atoms with E-state index < -0.39 is 0 Å². The van der Waals surface area contributed by atoms with Gasteiger partial charge in [0.25, 0.3) is 0 Å². The van der Waals surface area contributed by atoms with Gasteiger partial charge in [0.15, 0.2) is 0 Å². The number of benzene rings is 1. The van der Waals surface area contributed by atoms with Crippen LogP contribution in [0.2, 0.25) is 0 Å². The molecular weight excluding hydrogens is 186 g/mol. The van der Waals surface area contributed by atoms with Gasteiger partial charge in [-0.3, -0.25) is 0 Å². The Labute approximate surface area is 90.6 Å². The van der Waals surface area contributed by atoms with Crippen molar-refractivity contribution in [2.75, 3.05) is 20.2 Å². The zero-order valence-corrected chi connectivity index (χ0v) is 9.18. The maximum absolute atomic E-state index is 5.45. The summed E-state index contributed by atoms with van der Waals surface area (Å²) in [6.07, 6.45) is 3.74. The first-order valence-corrected chi connectivity index (χ1v) is 5.68. The standard InChI is InChI=1S/C13H17NO/c1-15-12-4-2-3-10-5-6-13(7-11(10)12)8-14-9-13/h2-4,14H,5-9H2,1H3. The second-order valence-corrected chi connectivity index (χ2v) is 4.88. The summed E-state index contributed by atoms with van der Waals surface area (Å²) in [5.74, 6) is 1.08. The molecule has 0 amide bonds. The number of aryl methyl sites for hydroxylation is 1. The number of hydrogen-bond acceptors (Lipinski definition) is 2. The van der Waals surface area contributed by atoms with E-state index in [1.807, 2.05) is 0 Å². The number of ether oxygens (including phenoxy) is 1. The highest BCUT2D eigenvalue weighted by Gasteiger charge is 2.40. The summed E-state index contributed by atoms with van der Waals surface area (Å²) in [6.45, 7) is 2.37. The van der Waals surface area contributed by atoms with E-state index in [1.165, 1.54) is 43.5 Å². The minimum Gasteiger partial charge on any atom is -0.496 e. The van der Waals surface area contributed by atoms with Gasteiger partial charge >= 0.3 is 0 Å². The third-order valence-corrected chi connectivity index (χ3v) is 3.93. The summed E-state index contributed by atoms with van der Waals surface area (Å²) >= 11 is 0. The molecule has 1 aliphatic heterocycles. The quantitative estimate of drug-likeness (QED) is 0.751. The molecule has 1 fully saturated rings. The van der Waals surface area contributed by atoms with Crippen molar-refractivity contribution in [2.45, 2.75) is 19.3 Å². The molecule has 1 saturated heterocycles. The van der Waals surface area contributed by atoms with Crippen LogP contribution in [0.25, 0.3) is 0 Å². The summed E-state index contributed by atoms with van der Waals surface area (Å²) in [6, 6.07) is 6.44. The van der Waals surface area contributed by atoms with Crippen LogP contribution in [0.15, 0.2) is 18.2 Å². The van der Waals surface area contributed by atoms with Gasteiger partial charge in [0.2, 0.25) is 0 Å². The topological polar surface area (TPSA) is 21.3 Å². The summed E-state index contributed by atoms with van der Waals surface area (Å²) in [4.78, 5) is 0. The summed E-state index contributed by atoms with van der Waals surface area (Å²) in [5.41, 5.74) is 3.49. The lowest BCUT2D eigenvalue weighted by Crippen LogP contribution is -2.56. The second kappa shape index (κ2) is 3.24. The summed E-state index contributed by atoms with van der Waals surface area (Å²) < 4.78 is 5.45. The van der Waals surface area contributed by atoms with Crippen LogP contribution in [-0.4, -0.2) is 20.2 Å². The van der Waals surface area contributed by atoms with E-state index in [-0.39, 0.29) is 0 Å². The van der Waals surface area contributed by atoms with E-state index in [2.05, 4.69) is 23.5 Å². The van der Waals surface area contributed by atoms with Gasteiger partial charge in [0.05, 0.1) is 7.11 Å². The molecule has 80 valence electrons. The Balaban J connectivity index is 1.99. The van der Waals surface area contributed by atoms with Gasteiger partial charge in [-0.1, -0.05) is 12.1 Å². The largest absolute Gasteiger partial charge is 0.496 e. The van der Waals surface area contributed by atoms with E-state index in [0.717, 1.165) is 5.75 Å². The first-order valence-electron chi connectivity index (χ1n) is 5.68. The molecule has 1 aliphatic carbocycles. The normalized spacial score (nSPS) is 21.9. The molecule has 1 aromatic carbocycles. The lowest BCUT2D eigenvalue weighted by Gasteiger charge is -2.46. The van der Waals surface area contributed by atoms with Gasteiger partial charge in [-0.05, 0) is 41.9 Å². The molecule has 0 bridgehead atoms. The lowest BCUT2D eigenvalue weighted by atomic mass is 9.67. The summed E-state index contributed by atoms with van der Waals surface area (Å²) in [7, 11) is 1.77. The average molecular weight is 203 g/mol. The van der Waals surface area contributed by atoms with E-state index in [1.54, 1.807) is 7.11 Å². The van der Waals surface area contributed by atoms with Crippen LogP contribution in [0.3, 0.4) is 0 Å². The van der Waals surface area contributed by atoms with Gasteiger partial charge in [-0.25, -0.2) is 0 Å². The molecule has 3 rings (SSSR count). The van der Waals surface area contributed by atoms with Crippen molar-refractivity contribution < 1.29 is 4.74 Å². The van der Waals surface area contributed by atoms with Crippen molar-refractivity contribution in [2.24, 2.45) is 5.41 Å². The minimum absolute atomic E-state index is 0.543. The summed E-state index contributed by atoms with van der Waals surface area (Å²) in [5, 5.41) is 3.40. The minimum atomic E-state index is 0.543. The molecule has 1 heterocycles. The molecule has 0 unspecified atom stereocenters. The Hall–Kier alpha value is -1.02.